The molecule has 0 atom stereocenters. The van der Waals surface area contributed by atoms with Crippen molar-refractivity contribution in [2.24, 2.45) is 0 Å². The number of rotatable bonds is 4. The van der Waals surface area contributed by atoms with Gasteiger partial charge in [0.2, 0.25) is 0 Å². The second kappa shape index (κ2) is 8.51. The number of carbonyl (C=O) groups excluding carboxylic acids is 2. The maximum Gasteiger partial charge on any atom is 0.309 e. The van der Waals surface area contributed by atoms with E-state index in [-0.39, 0.29) is 11.9 Å². The maximum absolute atomic E-state index is 12.8. The van der Waals surface area contributed by atoms with E-state index in [1.807, 2.05) is 0 Å². The minimum Gasteiger partial charge on any atom is -0.348 e. The van der Waals surface area contributed by atoms with Gasteiger partial charge in [-0.25, -0.2) is 4.39 Å². The summed E-state index contributed by atoms with van der Waals surface area (Å²) in [5.41, 5.74) is 0.922. The molecule has 1 aromatic carbocycles. The highest BCUT2D eigenvalue weighted by Crippen LogP contribution is 2.16. The monoisotopic (exact) mass is 306 g/mol. The van der Waals surface area contributed by atoms with E-state index in [9.17, 15) is 14.0 Å². The Kier molecular flexibility index (Phi) is 6.37. The van der Waals surface area contributed by atoms with Crippen molar-refractivity contribution in [3.05, 3.63) is 35.6 Å². The minimum absolute atomic E-state index is 0.123. The molecule has 2 amide bonds. The summed E-state index contributed by atoms with van der Waals surface area (Å²) in [6.45, 7) is 0.364. The van der Waals surface area contributed by atoms with E-state index in [4.69, 9.17) is 0 Å². The van der Waals surface area contributed by atoms with Crippen molar-refractivity contribution in [2.75, 3.05) is 6.54 Å². The quantitative estimate of drug-likeness (QED) is 0.662. The van der Waals surface area contributed by atoms with Gasteiger partial charge in [0.1, 0.15) is 5.82 Å². The van der Waals surface area contributed by atoms with Gasteiger partial charge in [-0.3, -0.25) is 9.59 Å². The lowest BCUT2D eigenvalue weighted by atomic mass is 10.1. The van der Waals surface area contributed by atoms with Crippen LogP contribution >= 0.6 is 0 Å². The molecular formula is C17H23FN2O2. The molecule has 4 nitrogen and oxygen atoms in total. The lowest BCUT2D eigenvalue weighted by Gasteiger charge is -2.15. The first-order chi connectivity index (χ1) is 10.6. The molecule has 1 fully saturated rings. The number of benzene rings is 1. The fraction of sp³-hybridized carbons (Fsp3) is 0.529. The van der Waals surface area contributed by atoms with Crippen LogP contribution in [0.4, 0.5) is 4.39 Å². The van der Waals surface area contributed by atoms with Gasteiger partial charge in [0, 0.05) is 12.6 Å². The molecule has 2 rings (SSSR count). The Labute approximate surface area is 130 Å². The van der Waals surface area contributed by atoms with Gasteiger partial charge in [-0.2, -0.15) is 0 Å². The molecule has 1 aromatic rings. The molecule has 120 valence electrons. The maximum atomic E-state index is 12.8. The Bertz CT molecular complexity index is 494. The third kappa shape index (κ3) is 5.47. The highest BCUT2D eigenvalue weighted by atomic mass is 19.1. The third-order valence-corrected chi connectivity index (χ3v) is 4.01. The van der Waals surface area contributed by atoms with E-state index in [0.29, 0.717) is 13.0 Å². The SMILES string of the molecule is O=C(NCCc1ccc(F)cc1)C(=O)NC1CCCCCC1. The van der Waals surface area contributed by atoms with Crippen LogP contribution in [0.15, 0.2) is 24.3 Å². The van der Waals surface area contributed by atoms with Crippen LogP contribution in [-0.2, 0) is 16.0 Å². The summed E-state index contributed by atoms with van der Waals surface area (Å²) in [6.07, 6.45) is 7.10. The predicted octanol–water partition coefficient (Wildman–Crippen LogP) is 2.32. The van der Waals surface area contributed by atoms with Crippen molar-refractivity contribution < 1.29 is 14.0 Å². The average Bonchev–Trinajstić information content (AvgIpc) is 2.77. The van der Waals surface area contributed by atoms with Gasteiger partial charge in [0.05, 0.1) is 0 Å². The number of nitrogens with one attached hydrogen (secondary N) is 2. The molecule has 5 heteroatoms. The predicted molar refractivity (Wildman–Crippen MR) is 82.7 cm³/mol. The van der Waals surface area contributed by atoms with Crippen molar-refractivity contribution in [3.8, 4) is 0 Å². The third-order valence-electron chi connectivity index (χ3n) is 4.01. The van der Waals surface area contributed by atoms with E-state index in [0.717, 1.165) is 31.2 Å². The van der Waals surface area contributed by atoms with E-state index >= 15 is 0 Å². The molecule has 0 unspecified atom stereocenters. The van der Waals surface area contributed by atoms with Crippen molar-refractivity contribution in [3.63, 3.8) is 0 Å². The van der Waals surface area contributed by atoms with E-state index in [1.54, 1.807) is 12.1 Å². The Balaban J connectivity index is 1.69. The highest BCUT2D eigenvalue weighted by Gasteiger charge is 2.19. The molecule has 0 spiro atoms. The average molecular weight is 306 g/mol. The topological polar surface area (TPSA) is 58.2 Å². The minimum atomic E-state index is -0.591. The smallest absolute Gasteiger partial charge is 0.309 e. The summed E-state index contributed by atoms with van der Waals surface area (Å²) >= 11 is 0. The Morgan fingerprint density at radius 2 is 1.64 bits per heavy atom. The van der Waals surface area contributed by atoms with E-state index < -0.39 is 11.8 Å². The summed E-state index contributed by atoms with van der Waals surface area (Å²) in [5, 5.41) is 5.42. The van der Waals surface area contributed by atoms with Crippen LogP contribution in [0.5, 0.6) is 0 Å². The molecule has 0 heterocycles. The molecule has 0 aliphatic heterocycles. The summed E-state index contributed by atoms with van der Waals surface area (Å²) in [5.74, 6) is -1.42. The standard InChI is InChI=1S/C17H23FN2O2/c18-14-9-7-13(8-10-14)11-12-19-16(21)17(22)20-15-5-3-1-2-4-6-15/h7-10,15H,1-6,11-12H2,(H,19,21)(H,20,22). The number of hydrogen-bond donors (Lipinski definition) is 2. The van der Waals surface area contributed by atoms with Gasteiger partial charge in [0.25, 0.3) is 0 Å². The van der Waals surface area contributed by atoms with Gasteiger partial charge in [-0.15, -0.1) is 0 Å². The Morgan fingerprint density at radius 3 is 2.27 bits per heavy atom. The summed E-state index contributed by atoms with van der Waals surface area (Å²) < 4.78 is 12.8. The molecule has 2 N–H and O–H groups in total. The van der Waals surface area contributed by atoms with Crippen LogP contribution in [-0.4, -0.2) is 24.4 Å². The molecule has 1 aliphatic rings. The normalized spacial score (nSPS) is 15.9. The molecule has 1 aliphatic carbocycles. The van der Waals surface area contributed by atoms with E-state index in [2.05, 4.69) is 10.6 Å². The second-order valence-electron chi connectivity index (χ2n) is 5.79. The Hall–Kier alpha value is -1.91. The van der Waals surface area contributed by atoms with Crippen molar-refractivity contribution >= 4 is 11.8 Å². The van der Waals surface area contributed by atoms with Gasteiger partial charge in [-0.1, -0.05) is 37.8 Å². The number of carbonyl (C=O) groups is 2. The zero-order chi connectivity index (χ0) is 15.8. The van der Waals surface area contributed by atoms with Crippen LogP contribution < -0.4 is 10.6 Å². The van der Waals surface area contributed by atoms with Crippen LogP contribution in [0, 0.1) is 5.82 Å². The molecular weight excluding hydrogens is 283 g/mol. The van der Waals surface area contributed by atoms with Crippen molar-refractivity contribution in [2.45, 2.75) is 51.0 Å². The van der Waals surface area contributed by atoms with E-state index in [1.165, 1.54) is 25.0 Å². The van der Waals surface area contributed by atoms with Gasteiger partial charge < -0.3 is 10.6 Å². The van der Waals surface area contributed by atoms with Gasteiger partial charge in [0.15, 0.2) is 0 Å². The molecule has 0 aromatic heterocycles. The fourth-order valence-corrected chi connectivity index (χ4v) is 2.73. The lowest BCUT2D eigenvalue weighted by Crippen LogP contribution is -2.44. The van der Waals surface area contributed by atoms with Gasteiger partial charge >= 0.3 is 11.8 Å². The molecule has 0 bridgehead atoms. The second-order valence-corrected chi connectivity index (χ2v) is 5.79. The van der Waals surface area contributed by atoms with Crippen LogP contribution in [0.25, 0.3) is 0 Å². The molecule has 0 radical (unpaired) electrons. The van der Waals surface area contributed by atoms with Crippen LogP contribution in [0.1, 0.15) is 44.1 Å². The van der Waals surface area contributed by atoms with Gasteiger partial charge in [-0.05, 0) is 37.0 Å². The molecule has 0 saturated heterocycles. The zero-order valence-electron chi connectivity index (χ0n) is 12.7. The van der Waals surface area contributed by atoms with Crippen LogP contribution in [0.3, 0.4) is 0 Å². The molecule has 1 saturated carbocycles. The summed E-state index contributed by atoms with van der Waals surface area (Å²) in [6, 6.07) is 6.24. The number of amides is 2. The fourth-order valence-electron chi connectivity index (χ4n) is 2.73. The number of halogens is 1. The van der Waals surface area contributed by atoms with Crippen molar-refractivity contribution in [1.82, 2.24) is 10.6 Å². The largest absolute Gasteiger partial charge is 0.348 e. The highest BCUT2D eigenvalue weighted by molar-refractivity contribution is 6.35. The Morgan fingerprint density at radius 1 is 1.00 bits per heavy atom. The summed E-state index contributed by atoms with van der Waals surface area (Å²) in [4.78, 5) is 23.6. The lowest BCUT2D eigenvalue weighted by molar-refractivity contribution is -0.139. The molecule has 22 heavy (non-hydrogen) atoms. The zero-order valence-corrected chi connectivity index (χ0v) is 12.7. The first-order valence-corrected chi connectivity index (χ1v) is 7.98. The first kappa shape index (κ1) is 16.5. The van der Waals surface area contributed by atoms with Crippen molar-refractivity contribution in [1.29, 1.82) is 0 Å². The first-order valence-electron chi connectivity index (χ1n) is 7.98. The van der Waals surface area contributed by atoms with Crippen LogP contribution in [0.2, 0.25) is 0 Å². The summed E-state index contributed by atoms with van der Waals surface area (Å²) in [7, 11) is 0. The number of hydrogen-bond acceptors (Lipinski definition) is 2.